The average Bonchev–Trinajstić information content (AvgIpc) is 3.23. The van der Waals surface area contributed by atoms with Crippen LogP contribution >= 0.6 is 0 Å². The van der Waals surface area contributed by atoms with E-state index in [-0.39, 0.29) is 5.91 Å². The monoisotopic (exact) mass is 311 g/mol. The van der Waals surface area contributed by atoms with Gasteiger partial charge in [0.25, 0.3) is 5.91 Å². The molecule has 0 aromatic carbocycles. The molecule has 0 radical (unpaired) electrons. The molecule has 0 N–H and O–H groups in total. The van der Waals surface area contributed by atoms with E-state index in [4.69, 9.17) is 0 Å². The summed E-state index contributed by atoms with van der Waals surface area (Å²) < 4.78 is 2.08. The van der Waals surface area contributed by atoms with E-state index >= 15 is 0 Å². The number of rotatable bonds is 3. The Kier molecular flexibility index (Phi) is 3.61. The van der Waals surface area contributed by atoms with Gasteiger partial charge in [0.1, 0.15) is 5.82 Å². The van der Waals surface area contributed by atoms with Crippen molar-refractivity contribution in [2.24, 2.45) is 18.9 Å². The number of carbonyl (C=O) groups is 1. The summed E-state index contributed by atoms with van der Waals surface area (Å²) in [6.07, 6.45) is 7.19. The number of carbonyl (C=O) groups excluding carboxylic acids is 1. The van der Waals surface area contributed by atoms with Crippen LogP contribution in [0.3, 0.4) is 0 Å². The number of hydrogen-bond donors (Lipinski definition) is 0. The maximum atomic E-state index is 12.5. The van der Waals surface area contributed by atoms with E-state index in [9.17, 15) is 4.79 Å². The molecule has 2 saturated heterocycles. The first-order valence-corrected chi connectivity index (χ1v) is 8.08. The Morgan fingerprint density at radius 2 is 2.00 bits per heavy atom. The lowest BCUT2D eigenvalue weighted by molar-refractivity contribution is 0.0772. The number of pyridine rings is 1. The number of aromatic nitrogens is 3. The molecule has 6 heteroatoms. The molecule has 2 aromatic heterocycles. The molecular weight excluding hydrogens is 290 g/mol. The summed E-state index contributed by atoms with van der Waals surface area (Å²) in [7, 11) is 2.04. The van der Waals surface area contributed by atoms with Gasteiger partial charge in [0.05, 0.1) is 12.1 Å². The van der Waals surface area contributed by atoms with Crippen LogP contribution in [0.2, 0.25) is 0 Å². The number of imidazole rings is 1. The van der Waals surface area contributed by atoms with Crippen LogP contribution in [0.4, 0.5) is 0 Å². The second kappa shape index (κ2) is 5.77. The maximum Gasteiger partial charge on any atom is 0.255 e. The summed E-state index contributed by atoms with van der Waals surface area (Å²) >= 11 is 0. The van der Waals surface area contributed by atoms with Crippen molar-refractivity contribution in [1.29, 1.82) is 0 Å². The fourth-order valence-corrected chi connectivity index (χ4v) is 3.81. The Balaban J connectivity index is 1.37. The average molecular weight is 311 g/mol. The molecule has 23 heavy (non-hydrogen) atoms. The Labute approximate surface area is 135 Å². The van der Waals surface area contributed by atoms with Crippen LogP contribution in [-0.2, 0) is 13.6 Å². The summed E-state index contributed by atoms with van der Waals surface area (Å²) in [6.45, 7) is 4.71. The SMILES string of the molecule is Cn1ccnc1CN1C[C@@H]2CN(C(=O)c3cccnc3)C[C@@H]2C1. The van der Waals surface area contributed by atoms with Crippen LogP contribution in [0.15, 0.2) is 36.9 Å². The Morgan fingerprint density at radius 3 is 2.61 bits per heavy atom. The summed E-state index contributed by atoms with van der Waals surface area (Å²) in [5.74, 6) is 2.38. The normalized spacial score (nSPS) is 24.1. The molecule has 2 aliphatic rings. The summed E-state index contributed by atoms with van der Waals surface area (Å²) in [4.78, 5) is 25.4. The summed E-state index contributed by atoms with van der Waals surface area (Å²) in [6, 6.07) is 3.66. The van der Waals surface area contributed by atoms with E-state index < -0.39 is 0 Å². The molecule has 2 atom stereocenters. The van der Waals surface area contributed by atoms with E-state index in [1.54, 1.807) is 12.4 Å². The zero-order valence-corrected chi connectivity index (χ0v) is 13.3. The molecule has 2 aliphatic heterocycles. The second-order valence-corrected chi connectivity index (χ2v) is 6.62. The minimum Gasteiger partial charge on any atom is -0.338 e. The molecule has 0 spiro atoms. The van der Waals surface area contributed by atoms with Crippen LogP contribution in [0, 0.1) is 11.8 Å². The van der Waals surface area contributed by atoms with Crippen LogP contribution in [-0.4, -0.2) is 56.4 Å². The highest BCUT2D eigenvalue weighted by atomic mass is 16.2. The van der Waals surface area contributed by atoms with Gasteiger partial charge >= 0.3 is 0 Å². The summed E-state index contributed by atoms with van der Waals surface area (Å²) in [5.41, 5.74) is 0.692. The standard InChI is InChI=1S/C17H21N5O/c1-20-6-5-19-16(20)12-21-8-14-10-22(11-15(14)9-21)17(23)13-3-2-4-18-7-13/h2-7,14-15H,8-12H2,1H3/t14-,15+. The molecule has 0 unspecified atom stereocenters. The third-order valence-electron chi connectivity index (χ3n) is 5.04. The molecular formula is C17H21N5O. The quantitative estimate of drug-likeness (QED) is 0.849. The zero-order chi connectivity index (χ0) is 15.8. The van der Waals surface area contributed by atoms with E-state index in [0.29, 0.717) is 17.4 Å². The molecule has 2 aromatic rings. The topological polar surface area (TPSA) is 54.3 Å². The van der Waals surface area contributed by atoms with E-state index in [1.165, 1.54) is 0 Å². The molecule has 0 aliphatic carbocycles. The van der Waals surface area contributed by atoms with Gasteiger partial charge in [0.15, 0.2) is 0 Å². The fourth-order valence-electron chi connectivity index (χ4n) is 3.81. The molecule has 1 amide bonds. The largest absolute Gasteiger partial charge is 0.338 e. The van der Waals surface area contributed by atoms with Gasteiger partial charge < -0.3 is 9.47 Å². The number of amides is 1. The molecule has 6 nitrogen and oxygen atoms in total. The Morgan fingerprint density at radius 1 is 1.22 bits per heavy atom. The van der Waals surface area contributed by atoms with Crippen LogP contribution < -0.4 is 0 Å². The lowest BCUT2D eigenvalue weighted by Crippen LogP contribution is -2.33. The number of likely N-dealkylation sites (tertiary alicyclic amines) is 2. The predicted molar refractivity (Wildman–Crippen MR) is 85.6 cm³/mol. The summed E-state index contributed by atoms with van der Waals surface area (Å²) in [5, 5.41) is 0. The van der Waals surface area contributed by atoms with E-state index in [2.05, 4.69) is 19.4 Å². The van der Waals surface area contributed by atoms with Gasteiger partial charge in [-0.2, -0.15) is 0 Å². The number of hydrogen-bond acceptors (Lipinski definition) is 4. The first kappa shape index (κ1) is 14.4. The van der Waals surface area contributed by atoms with Gasteiger partial charge in [-0.25, -0.2) is 4.98 Å². The minimum absolute atomic E-state index is 0.114. The predicted octanol–water partition coefficient (Wildman–Crippen LogP) is 1.02. The number of fused-ring (bicyclic) bond motifs is 1. The van der Waals surface area contributed by atoms with Crippen LogP contribution in [0.25, 0.3) is 0 Å². The van der Waals surface area contributed by atoms with E-state index in [0.717, 1.165) is 38.5 Å². The van der Waals surface area contributed by atoms with Gasteiger partial charge in [-0.3, -0.25) is 14.7 Å². The van der Waals surface area contributed by atoms with Gasteiger partial charge in [-0.15, -0.1) is 0 Å². The second-order valence-electron chi connectivity index (χ2n) is 6.62. The van der Waals surface area contributed by atoms with Crippen molar-refractivity contribution in [2.45, 2.75) is 6.54 Å². The highest BCUT2D eigenvalue weighted by Gasteiger charge is 2.41. The molecule has 2 fully saturated rings. The third kappa shape index (κ3) is 2.74. The van der Waals surface area contributed by atoms with Crippen molar-refractivity contribution in [2.75, 3.05) is 26.2 Å². The van der Waals surface area contributed by atoms with Crippen molar-refractivity contribution in [3.8, 4) is 0 Å². The van der Waals surface area contributed by atoms with Crippen molar-refractivity contribution in [1.82, 2.24) is 24.3 Å². The Bertz CT molecular complexity index is 684. The van der Waals surface area contributed by atoms with E-state index in [1.807, 2.05) is 36.5 Å². The molecule has 120 valence electrons. The van der Waals surface area contributed by atoms with Crippen LogP contribution in [0.1, 0.15) is 16.2 Å². The Hall–Kier alpha value is -2.21. The highest BCUT2D eigenvalue weighted by Crippen LogP contribution is 2.32. The number of nitrogens with zero attached hydrogens (tertiary/aromatic N) is 5. The fraction of sp³-hybridized carbons (Fsp3) is 0.471. The smallest absolute Gasteiger partial charge is 0.255 e. The van der Waals surface area contributed by atoms with Gasteiger partial charge in [0.2, 0.25) is 0 Å². The first-order valence-electron chi connectivity index (χ1n) is 8.08. The molecule has 4 rings (SSSR count). The van der Waals surface area contributed by atoms with Gasteiger partial charge in [-0.1, -0.05) is 0 Å². The zero-order valence-electron chi connectivity index (χ0n) is 13.3. The number of aryl methyl sites for hydroxylation is 1. The van der Waals surface area contributed by atoms with Gasteiger partial charge in [0, 0.05) is 58.0 Å². The third-order valence-corrected chi connectivity index (χ3v) is 5.04. The minimum atomic E-state index is 0.114. The molecule has 0 saturated carbocycles. The van der Waals surface area contributed by atoms with Crippen molar-refractivity contribution >= 4 is 5.91 Å². The maximum absolute atomic E-state index is 12.5. The lowest BCUT2D eigenvalue weighted by atomic mass is 10.0. The van der Waals surface area contributed by atoms with Crippen LogP contribution in [0.5, 0.6) is 0 Å². The molecule has 0 bridgehead atoms. The van der Waals surface area contributed by atoms with Crippen molar-refractivity contribution < 1.29 is 4.79 Å². The first-order chi connectivity index (χ1) is 11.2. The van der Waals surface area contributed by atoms with Gasteiger partial charge in [-0.05, 0) is 24.0 Å². The van der Waals surface area contributed by atoms with Crippen molar-refractivity contribution in [3.63, 3.8) is 0 Å². The van der Waals surface area contributed by atoms with Crippen molar-refractivity contribution in [3.05, 3.63) is 48.3 Å². The highest BCUT2D eigenvalue weighted by molar-refractivity contribution is 5.94. The lowest BCUT2D eigenvalue weighted by Gasteiger charge is -2.21. The molecule has 4 heterocycles.